The number of aliphatic hydroxyl groups is 1. The Morgan fingerprint density at radius 2 is 1.65 bits per heavy atom. The normalized spacial score (nSPS) is 16.4. The zero-order valence-electron chi connectivity index (χ0n) is 8.62. The number of nitrogens with two attached hydrogens (primary N) is 1. The molecule has 0 aromatic rings. The molecule has 0 aliphatic rings. The first-order valence-electron chi connectivity index (χ1n) is 4.35. The van der Waals surface area contributed by atoms with Gasteiger partial charge in [-0.2, -0.15) is 0 Å². The number of hydrogen-bond donors (Lipinski definition) is 6. The number of rotatable bonds is 6. The minimum atomic E-state index is -5.50. The van der Waals surface area contributed by atoms with Crippen molar-refractivity contribution >= 4 is 31.2 Å². The summed E-state index contributed by atoms with van der Waals surface area (Å²) >= 11 is 2.24. The van der Waals surface area contributed by atoms with E-state index in [1.165, 1.54) is 6.08 Å². The molecule has 0 rings (SSSR count). The van der Waals surface area contributed by atoms with Gasteiger partial charge in [0.15, 0.2) is 0 Å². The Hall–Kier alpha value is 0.479. The van der Waals surface area contributed by atoms with Crippen molar-refractivity contribution in [3.63, 3.8) is 0 Å². The molecule has 8 nitrogen and oxygen atoms in total. The predicted molar refractivity (Wildman–Crippen MR) is 62.7 cm³/mol. The number of hydrogen-bond acceptors (Lipinski definition) is 4. The van der Waals surface area contributed by atoms with Crippen molar-refractivity contribution in [3.05, 3.63) is 12.2 Å². The van der Waals surface area contributed by atoms with Crippen LogP contribution in [0.4, 0.5) is 0 Å². The zero-order valence-corrected chi connectivity index (χ0v) is 12.3. The Kier molecular flexibility index (Phi) is 6.25. The second-order valence-electron chi connectivity index (χ2n) is 3.24. The summed E-state index contributed by atoms with van der Waals surface area (Å²) < 4.78 is 22.0. The summed E-state index contributed by atoms with van der Waals surface area (Å²) in [5.41, 5.74) is 5.24. The standard InChI is InChI=1S/C6H15NO7P2Se/c7-5(3-1-2-4-17)6(8,15(9,10)11)16(12,13)14/h1,3,5,8,17H,2,4,7H2,(H2,9,10,11)(H2,12,13,14). The summed E-state index contributed by atoms with van der Waals surface area (Å²) in [7, 11) is -11.0. The Morgan fingerprint density at radius 3 is 1.94 bits per heavy atom. The molecule has 7 N–H and O–H groups in total. The van der Waals surface area contributed by atoms with Crippen LogP contribution in [0.1, 0.15) is 6.42 Å². The third kappa shape index (κ3) is 3.98. The van der Waals surface area contributed by atoms with Crippen molar-refractivity contribution in [2.24, 2.45) is 5.73 Å². The van der Waals surface area contributed by atoms with Gasteiger partial charge in [-0.05, 0) is 0 Å². The molecule has 0 fully saturated rings. The van der Waals surface area contributed by atoms with Gasteiger partial charge in [0.05, 0.1) is 0 Å². The summed E-state index contributed by atoms with van der Waals surface area (Å²) in [6, 6.07) is -1.87. The van der Waals surface area contributed by atoms with Gasteiger partial charge in [-0.3, -0.25) is 0 Å². The van der Waals surface area contributed by atoms with E-state index in [-0.39, 0.29) is 0 Å². The maximum absolute atomic E-state index is 11.0. The van der Waals surface area contributed by atoms with E-state index < -0.39 is 26.3 Å². The van der Waals surface area contributed by atoms with Crippen molar-refractivity contribution in [2.45, 2.75) is 22.9 Å². The van der Waals surface area contributed by atoms with Crippen molar-refractivity contribution in [3.8, 4) is 0 Å². The molecule has 0 aromatic carbocycles. The molecule has 17 heavy (non-hydrogen) atoms. The van der Waals surface area contributed by atoms with Gasteiger partial charge >= 0.3 is 106 Å². The van der Waals surface area contributed by atoms with Crippen LogP contribution in [-0.2, 0) is 9.13 Å². The third-order valence-electron chi connectivity index (χ3n) is 1.94. The average molecular weight is 354 g/mol. The van der Waals surface area contributed by atoms with Gasteiger partial charge in [-0.25, -0.2) is 0 Å². The van der Waals surface area contributed by atoms with Gasteiger partial charge in [0.25, 0.3) is 0 Å². The van der Waals surface area contributed by atoms with Crippen molar-refractivity contribution in [1.82, 2.24) is 0 Å². The van der Waals surface area contributed by atoms with Crippen LogP contribution in [-0.4, -0.2) is 51.8 Å². The van der Waals surface area contributed by atoms with E-state index in [0.717, 1.165) is 6.08 Å². The van der Waals surface area contributed by atoms with Crippen LogP contribution in [0.2, 0.25) is 5.32 Å². The fourth-order valence-corrected chi connectivity index (χ4v) is 3.62. The van der Waals surface area contributed by atoms with E-state index in [0.29, 0.717) is 11.7 Å². The first kappa shape index (κ1) is 17.5. The number of allylic oxidation sites excluding steroid dienone is 1. The Morgan fingerprint density at radius 1 is 1.24 bits per heavy atom. The van der Waals surface area contributed by atoms with E-state index in [1.807, 2.05) is 0 Å². The summed E-state index contributed by atoms with van der Waals surface area (Å²) in [5, 5.41) is 6.60. The molecular formula is C6H15NO7P2Se. The van der Waals surface area contributed by atoms with Crippen LogP contribution in [0.15, 0.2) is 12.2 Å². The van der Waals surface area contributed by atoms with Crippen LogP contribution in [0, 0.1) is 0 Å². The molecular weight excluding hydrogens is 339 g/mol. The summed E-state index contributed by atoms with van der Waals surface area (Å²) in [5.74, 6) is 0. The molecule has 0 aromatic heterocycles. The van der Waals surface area contributed by atoms with E-state index in [1.54, 1.807) is 0 Å². The molecule has 0 saturated heterocycles. The molecule has 0 heterocycles. The molecule has 102 valence electrons. The molecule has 0 radical (unpaired) electrons. The van der Waals surface area contributed by atoms with Crippen molar-refractivity contribution in [2.75, 3.05) is 0 Å². The summed E-state index contributed by atoms with van der Waals surface area (Å²) in [6.07, 6.45) is 2.82. The summed E-state index contributed by atoms with van der Waals surface area (Å²) in [4.78, 5) is 35.4. The Bertz CT molecular complexity index is 353. The van der Waals surface area contributed by atoms with Crippen molar-refractivity contribution < 1.29 is 33.8 Å². The van der Waals surface area contributed by atoms with Gasteiger partial charge in [0.1, 0.15) is 0 Å². The minimum absolute atomic E-state index is 0.478. The second kappa shape index (κ2) is 6.08. The Balaban J connectivity index is 5.38. The Labute approximate surface area is 106 Å². The fourth-order valence-electron chi connectivity index (χ4n) is 1.00. The van der Waals surface area contributed by atoms with Crippen LogP contribution >= 0.6 is 15.2 Å². The van der Waals surface area contributed by atoms with Gasteiger partial charge in [-0.15, -0.1) is 0 Å². The average Bonchev–Trinajstić information content (AvgIpc) is 2.13. The van der Waals surface area contributed by atoms with Gasteiger partial charge in [-0.1, -0.05) is 0 Å². The topological polar surface area (TPSA) is 161 Å². The molecule has 0 aliphatic carbocycles. The van der Waals surface area contributed by atoms with Gasteiger partial charge in [0, 0.05) is 0 Å². The molecule has 1 unspecified atom stereocenters. The first-order chi connectivity index (χ1) is 7.48. The molecule has 0 amide bonds. The van der Waals surface area contributed by atoms with E-state index >= 15 is 0 Å². The van der Waals surface area contributed by atoms with Crippen LogP contribution in [0.3, 0.4) is 0 Å². The zero-order chi connectivity index (χ0) is 13.9. The molecule has 1 atom stereocenters. The van der Waals surface area contributed by atoms with Crippen LogP contribution in [0.5, 0.6) is 0 Å². The first-order valence-corrected chi connectivity index (χ1v) is 8.90. The maximum atomic E-state index is 11.0. The third-order valence-corrected chi connectivity index (χ3v) is 6.36. The predicted octanol–water partition coefficient (Wildman–Crippen LogP) is -1.42. The van der Waals surface area contributed by atoms with E-state index in [4.69, 9.17) is 25.3 Å². The second-order valence-corrected chi connectivity index (χ2v) is 8.07. The SMILES string of the molecule is NC(C=CCC[SeH])C(O)(P(=O)(O)O)P(=O)(O)O. The van der Waals surface area contributed by atoms with Crippen molar-refractivity contribution in [1.29, 1.82) is 0 Å². The monoisotopic (exact) mass is 355 g/mol. The summed E-state index contributed by atoms with van der Waals surface area (Å²) in [6.45, 7) is 0. The molecule has 0 saturated carbocycles. The molecule has 11 heteroatoms. The van der Waals surface area contributed by atoms with Gasteiger partial charge < -0.3 is 0 Å². The van der Waals surface area contributed by atoms with E-state index in [2.05, 4.69) is 16.0 Å². The molecule has 0 spiro atoms. The van der Waals surface area contributed by atoms with Gasteiger partial charge in [0.2, 0.25) is 0 Å². The van der Waals surface area contributed by atoms with Crippen LogP contribution in [0.25, 0.3) is 0 Å². The fraction of sp³-hybridized carbons (Fsp3) is 0.667. The molecule has 0 bridgehead atoms. The molecule has 0 aliphatic heterocycles. The van der Waals surface area contributed by atoms with E-state index in [9.17, 15) is 14.2 Å². The van der Waals surface area contributed by atoms with Crippen LogP contribution < -0.4 is 5.73 Å². The quantitative estimate of drug-likeness (QED) is 0.192.